The predicted molar refractivity (Wildman–Crippen MR) is 84.0 cm³/mol. The molecule has 23 heavy (non-hydrogen) atoms. The first-order valence-corrected chi connectivity index (χ1v) is 7.73. The summed E-state index contributed by atoms with van der Waals surface area (Å²) in [6.45, 7) is 2.17. The van der Waals surface area contributed by atoms with E-state index in [1.165, 1.54) is 17.0 Å². The van der Waals surface area contributed by atoms with Crippen LogP contribution in [0.2, 0.25) is 0 Å². The zero-order valence-corrected chi connectivity index (χ0v) is 13.1. The van der Waals surface area contributed by atoms with Gasteiger partial charge in [-0.15, -0.1) is 0 Å². The predicted octanol–water partition coefficient (Wildman–Crippen LogP) is 0.857. The highest BCUT2D eigenvalue weighted by atomic mass is 19.1. The van der Waals surface area contributed by atoms with Crippen LogP contribution in [-0.2, 0) is 14.3 Å². The Morgan fingerprint density at radius 3 is 2.87 bits per heavy atom. The summed E-state index contributed by atoms with van der Waals surface area (Å²) in [5, 5.41) is 0. The normalized spacial score (nSPS) is 18.7. The number of benzene rings is 1. The van der Waals surface area contributed by atoms with Crippen LogP contribution in [0.4, 0.5) is 15.8 Å². The van der Waals surface area contributed by atoms with Gasteiger partial charge in [0.05, 0.1) is 18.0 Å². The fourth-order valence-electron chi connectivity index (χ4n) is 2.97. The molecule has 2 heterocycles. The van der Waals surface area contributed by atoms with Crippen molar-refractivity contribution in [2.45, 2.75) is 6.42 Å². The number of rotatable bonds is 2. The van der Waals surface area contributed by atoms with Gasteiger partial charge in [-0.25, -0.2) is 4.39 Å². The molecular formula is C16H20FN3O3. The van der Waals surface area contributed by atoms with Crippen molar-refractivity contribution in [3.05, 3.63) is 24.0 Å². The maximum atomic E-state index is 13.7. The van der Waals surface area contributed by atoms with Crippen molar-refractivity contribution >= 4 is 23.2 Å². The molecule has 3 rings (SSSR count). The molecule has 0 unspecified atom stereocenters. The second-order valence-electron chi connectivity index (χ2n) is 5.82. The molecule has 7 heteroatoms. The number of halogens is 1. The number of anilines is 2. The molecule has 2 amide bonds. The summed E-state index contributed by atoms with van der Waals surface area (Å²) in [4.78, 5) is 29.6. The van der Waals surface area contributed by atoms with E-state index in [1.807, 2.05) is 11.9 Å². The number of amides is 2. The zero-order valence-electron chi connectivity index (χ0n) is 13.1. The van der Waals surface area contributed by atoms with E-state index < -0.39 is 0 Å². The zero-order chi connectivity index (χ0) is 16.4. The molecule has 2 aliphatic heterocycles. The summed E-state index contributed by atoms with van der Waals surface area (Å²) >= 11 is 0. The van der Waals surface area contributed by atoms with Gasteiger partial charge < -0.3 is 19.4 Å². The molecule has 0 saturated carbocycles. The molecule has 0 atom stereocenters. The van der Waals surface area contributed by atoms with Crippen LogP contribution in [0, 0.1) is 5.82 Å². The number of carbonyl (C=O) groups is 2. The summed E-state index contributed by atoms with van der Waals surface area (Å²) in [5.41, 5.74) is 1.39. The van der Waals surface area contributed by atoms with E-state index in [4.69, 9.17) is 4.74 Å². The lowest BCUT2D eigenvalue weighted by Gasteiger charge is -2.30. The van der Waals surface area contributed by atoms with E-state index in [9.17, 15) is 14.0 Å². The molecule has 0 radical (unpaired) electrons. The number of hydrogen-bond donors (Lipinski definition) is 0. The molecule has 0 spiro atoms. The molecule has 1 aromatic carbocycles. The quantitative estimate of drug-likeness (QED) is 0.811. The maximum Gasteiger partial charge on any atom is 0.249 e. The molecule has 1 aromatic rings. The summed E-state index contributed by atoms with van der Waals surface area (Å²) in [5.74, 6) is -0.752. The van der Waals surface area contributed by atoms with Crippen molar-refractivity contribution in [1.82, 2.24) is 4.90 Å². The third-order valence-corrected chi connectivity index (χ3v) is 4.23. The van der Waals surface area contributed by atoms with E-state index in [1.54, 1.807) is 11.0 Å². The topological polar surface area (TPSA) is 53.1 Å². The summed E-state index contributed by atoms with van der Waals surface area (Å²) < 4.78 is 18.7. The highest BCUT2D eigenvalue weighted by Gasteiger charge is 2.27. The van der Waals surface area contributed by atoms with Crippen LogP contribution in [0.15, 0.2) is 18.2 Å². The summed E-state index contributed by atoms with van der Waals surface area (Å²) in [6, 6.07) is 4.47. The Hall–Kier alpha value is -2.15. The van der Waals surface area contributed by atoms with Crippen LogP contribution >= 0.6 is 0 Å². The smallest absolute Gasteiger partial charge is 0.249 e. The number of ether oxygens (including phenoxy) is 1. The highest BCUT2D eigenvalue weighted by molar-refractivity contribution is 5.99. The van der Waals surface area contributed by atoms with Crippen molar-refractivity contribution in [2.75, 3.05) is 56.2 Å². The second-order valence-corrected chi connectivity index (χ2v) is 5.82. The van der Waals surface area contributed by atoms with Gasteiger partial charge in [0.25, 0.3) is 0 Å². The molecular weight excluding hydrogens is 301 g/mol. The first-order chi connectivity index (χ1) is 11.1. The van der Waals surface area contributed by atoms with Gasteiger partial charge in [0.1, 0.15) is 19.0 Å². The van der Waals surface area contributed by atoms with Crippen LogP contribution in [0.25, 0.3) is 0 Å². The molecule has 0 bridgehead atoms. The van der Waals surface area contributed by atoms with E-state index >= 15 is 0 Å². The van der Waals surface area contributed by atoms with Crippen molar-refractivity contribution in [1.29, 1.82) is 0 Å². The fourth-order valence-corrected chi connectivity index (χ4v) is 2.97. The van der Waals surface area contributed by atoms with Gasteiger partial charge in [-0.1, -0.05) is 0 Å². The lowest BCUT2D eigenvalue weighted by Crippen LogP contribution is -2.48. The number of carbonyl (C=O) groups excluding carboxylic acids is 2. The van der Waals surface area contributed by atoms with E-state index in [0.29, 0.717) is 25.4 Å². The van der Waals surface area contributed by atoms with Gasteiger partial charge in [-0.05, 0) is 24.6 Å². The Morgan fingerprint density at radius 2 is 2.09 bits per heavy atom. The van der Waals surface area contributed by atoms with Crippen LogP contribution in [0.3, 0.4) is 0 Å². The molecule has 1 fully saturated rings. The SMILES string of the molecule is CN1CCCN(C(=O)CN2CCOCC2=O)c2cc(F)ccc21. The van der Waals surface area contributed by atoms with Crippen LogP contribution in [0.5, 0.6) is 0 Å². The van der Waals surface area contributed by atoms with Gasteiger partial charge in [-0.3, -0.25) is 9.59 Å². The first kappa shape index (κ1) is 15.7. The number of morpholine rings is 1. The average Bonchev–Trinajstić information content (AvgIpc) is 2.68. The molecule has 2 aliphatic rings. The Kier molecular flexibility index (Phi) is 4.47. The van der Waals surface area contributed by atoms with Crippen molar-refractivity contribution < 1.29 is 18.7 Å². The number of hydrogen-bond acceptors (Lipinski definition) is 4. The summed E-state index contributed by atoms with van der Waals surface area (Å²) in [6.07, 6.45) is 0.787. The Bertz CT molecular complexity index is 623. The highest BCUT2D eigenvalue weighted by Crippen LogP contribution is 2.32. The van der Waals surface area contributed by atoms with Crippen LogP contribution < -0.4 is 9.80 Å². The second kappa shape index (κ2) is 6.54. The van der Waals surface area contributed by atoms with E-state index in [0.717, 1.165) is 18.7 Å². The standard InChI is InChI=1S/C16H20FN3O3/c1-18-5-2-6-20(14-9-12(17)3-4-13(14)18)15(21)10-19-7-8-23-11-16(19)22/h3-4,9H,2,5-8,10-11H2,1H3. The third kappa shape index (κ3) is 3.29. The molecule has 0 aromatic heterocycles. The van der Waals surface area contributed by atoms with Crippen molar-refractivity contribution in [3.63, 3.8) is 0 Å². The average molecular weight is 321 g/mol. The summed E-state index contributed by atoms with van der Waals surface area (Å²) in [7, 11) is 1.93. The lowest BCUT2D eigenvalue weighted by molar-refractivity contribution is -0.145. The maximum absolute atomic E-state index is 13.7. The monoisotopic (exact) mass is 321 g/mol. The van der Waals surface area contributed by atoms with Crippen molar-refractivity contribution in [3.8, 4) is 0 Å². The molecule has 1 saturated heterocycles. The van der Waals surface area contributed by atoms with Gasteiger partial charge in [0, 0.05) is 26.7 Å². The van der Waals surface area contributed by atoms with Crippen molar-refractivity contribution in [2.24, 2.45) is 0 Å². The molecule has 6 nitrogen and oxygen atoms in total. The third-order valence-electron chi connectivity index (χ3n) is 4.23. The van der Waals surface area contributed by atoms with Gasteiger partial charge in [-0.2, -0.15) is 0 Å². The molecule has 124 valence electrons. The first-order valence-electron chi connectivity index (χ1n) is 7.73. The van der Waals surface area contributed by atoms with Gasteiger partial charge >= 0.3 is 0 Å². The number of nitrogens with zero attached hydrogens (tertiary/aromatic N) is 3. The van der Waals surface area contributed by atoms with Crippen LogP contribution in [-0.4, -0.2) is 63.2 Å². The van der Waals surface area contributed by atoms with Gasteiger partial charge in [0.2, 0.25) is 11.8 Å². The Labute approximate surface area is 134 Å². The Balaban J connectivity index is 1.83. The van der Waals surface area contributed by atoms with Crippen LogP contribution in [0.1, 0.15) is 6.42 Å². The minimum Gasteiger partial charge on any atom is -0.373 e. The Morgan fingerprint density at radius 1 is 1.26 bits per heavy atom. The van der Waals surface area contributed by atoms with E-state index in [-0.39, 0.29) is 30.8 Å². The van der Waals surface area contributed by atoms with E-state index in [2.05, 4.69) is 0 Å². The molecule has 0 aliphatic carbocycles. The minimum absolute atomic E-state index is 0.00185. The molecule has 0 N–H and O–H groups in total. The largest absolute Gasteiger partial charge is 0.373 e. The number of fused-ring (bicyclic) bond motifs is 1. The fraction of sp³-hybridized carbons (Fsp3) is 0.500. The lowest BCUT2D eigenvalue weighted by atomic mass is 10.2. The van der Waals surface area contributed by atoms with Gasteiger partial charge in [0.15, 0.2) is 0 Å². The minimum atomic E-state index is -0.376.